The molecule has 0 saturated carbocycles. The summed E-state index contributed by atoms with van der Waals surface area (Å²) in [5.74, 6) is -0.367. The number of sulfone groups is 1. The van der Waals surface area contributed by atoms with E-state index in [9.17, 15) is 13.2 Å². The van der Waals surface area contributed by atoms with Crippen molar-refractivity contribution in [2.24, 2.45) is 0 Å². The zero-order valence-electron chi connectivity index (χ0n) is 10.7. The molecule has 3 nitrogen and oxygen atoms in total. The molecule has 0 spiro atoms. The Balaban J connectivity index is 2.32. The molecule has 1 atom stereocenters. The summed E-state index contributed by atoms with van der Waals surface area (Å²) in [5, 5.41) is 0.629. The third-order valence-electron chi connectivity index (χ3n) is 2.95. The molecule has 0 aliphatic rings. The minimum absolute atomic E-state index is 0.237. The quantitative estimate of drug-likeness (QED) is 0.814. The number of carbonyl (C=O) groups excluding carboxylic acids is 1. The van der Waals surface area contributed by atoms with E-state index in [-0.39, 0.29) is 9.99 Å². The van der Waals surface area contributed by atoms with Gasteiger partial charge >= 0.3 is 0 Å². The largest absolute Gasteiger partial charge is 0.293 e. The number of rotatable bonds is 4. The zero-order chi connectivity index (χ0) is 14.0. The molecule has 1 aromatic carbocycles. The second kappa shape index (κ2) is 5.27. The lowest BCUT2D eigenvalue weighted by Gasteiger charge is -2.10. The first kappa shape index (κ1) is 14.0. The van der Waals surface area contributed by atoms with Gasteiger partial charge in [0.1, 0.15) is 9.46 Å². The molecule has 2 rings (SSSR count). The van der Waals surface area contributed by atoms with Crippen LogP contribution < -0.4 is 0 Å². The first-order valence-electron chi connectivity index (χ1n) is 5.81. The van der Waals surface area contributed by atoms with Crippen LogP contribution in [0.5, 0.6) is 0 Å². The van der Waals surface area contributed by atoms with Crippen molar-refractivity contribution in [2.75, 3.05) is 0 Å². The predicted molar refractivity (Wildman–Crippen MR) is 76.5 cm³/mol. The molecule has 100 valence electrons. The van der Waals surface area contributed by atoms with Crippen molar-refractivity contribution >= 4 is 27.0 Å². The van der Waals surface area contributed by atoms with Gasteiger partial charge in [0.15, 0.2) is 15.6 Å². The van der Waals surface area contributed by atoms with E-state index in [1.807, 2.05) is 6.92 Å². The maximum absolute atomic E-state index is 12.3. The van der Waals surface area contributed by atoms with Gasteiger partial charge in [-0.3, -0.25) is 4.79 Å². The van der Waals surface area contributed by atoms with Crippen LogP contribution in [-0.4, -0.2) is 19.5 Å². The second-order valence-corrected chi connectivity index (χ2v) is 7.79. The molecular weight excluding hydrogens is 280 g/mol. The van der Waals surface area contributed by atoms with Gasteiger partial charge in [-0.25, -0.2) is 8.42 Å². The summed E-state index contributed by atoms with van der Waals surface area (Å²) in [6.45, 7) is 3.36. The molecule has 1 unspecified atom stereocenters. The molecule has 0 aliphatic heterocycles. The first-order valence-corrected chi connectivity index (χ1v) is 8.24. The van der Waals surface area contributed by atoms with Crippen molar-refractivity contribution in [1.29, 1.82) is 0 Å². The molecule has 0 fully saturated rings. The van der Waals surface area contributed by atoms with Crippen molar-refractivity contribution in [2.45, 2.75) is 23.3 Å². The van der Waals surface area contributed by atoms with Crippen LogP contribution in [-0.2, 0) is 9.84 Å². The van der Waals surface area contributed by atoms with Crippen molar-refractivity contribution in [3.05, 3.63) is 52.9 Å². The Kier molecular flexibility index (Phi) is 3.87. The summed E-state index contributed by atoms with van der Waals surface area (Å²) in [6.07, 6.45) is 0. The maximum atomic E-state index is 12.3. The number of hydrogen-bond donors (Lipinski definition) is 0. The van der Waals surface area contributed by atoms with Crippen molar-refractivity contribution in [1.82, 2.24) is 0 Å². The Hall–Kier alpha value is -1.46. The average molecular weight is 294 g/mol. The van der Waals surface area contributed by atoms with Gasteiger partial charge in [0.2, 0.25) is 0 Å². The van der Waals surface area contributed by atoms with Gasteiger partial charge in [0.25, 0.3) is 0 Å². The fourth-order valence-electron chi connectivity index (χ4n) is 1.69. The normalized spacial score (nSPS) is 13.2. The molecule has 1 aromatic heterocycles. The summed E-state index contributed by atoms with van der Waals surface area (Å²) >= 11 is 1.13. The zero-order valence-corrected chi connectivity index (χ0v) is 12.3. The van der Waals surface area contributed by atoms with E-state index < -0.39 is 15.1 Å². The van der Waals surface area contributed by atoms with E-state index in [0.717, 1.165) is 16.9 Å². The highest BCUT2D eigenvalue weighted by Crippen LogP contribution is 2.23. The molecule has 5 heteroatoms. The summed E-state index contributed by atoms with van der Waals surface area (Å²) < 4.78 is 24.8. The molecule has 0 radical (unpaired) electrons. The van der Waals surface area contributed by atoms with Crippen molar-refractivity contribution in [3.8, 4) is 0 Å². The van der Waals surface area contributed by atoms with Crippen LogP contribution in [0.15, 0.2) is 46.0 Å². The number of thiophene rings is 1. The summed E-state index contributed by atoms with van der Waals surface area (Å²) in [6, 6.07) is 10.1. The Bertz CT molecular complexity index is 668. The maximum Gasteiger partial charge on any atom is 0.197 e. The van der Waals surface area contributed by atoms with E-state index in [1.165, 1.54) is 13.0 Å². The molecule has 0 amide bonds. The van der Waals surface area contributed by atoms with Gasteiger partial charge in [0.05, 0.1) is 0 Å². The molecule has 2 aromatic rings. The van der Waals surface area contributed by atoms with Gasteiger partial charge < -0.3 is 0 Å². The standard InChI is InChI=1S/C14H14O3S2/c1-10-5-7-12(8-6-10)14(15)11(2)19(16,17)13-4-3-9-18-13/h3-9,11H,1-2H3. The van der Waals surface area contributed by atoms with Gasteiger partial charge in [-0.2, -0.15) is 0 Å². The van der Waals surface area contributed by atoms with Crippen LogP contribution >= 0.6 is 11.3 Å². The summed E-state index contributed by atoms with van der Waals surface area (Å²) in [7, 11) is -3.58. The molecule has 0 aliphatic carbocycles. The number of ketones is 1. The molecule has 0 N–H and O–H groups in total. The summed E-state index contributed by atoms with van der Waals surface area (Å²) in [4.78, 5) is 12.2. The van der Waals surface area contributed by atoms with Crippen molar-refractivity contribution < 1.29 is 13.2 Å². The lowest BCUT2D eigenvalue weighted by atomic mass is 10.1. The average Bonchev–Trinajstić information content (AvgIpc) is 2.92. The predicted octanol–water partition coefficient (Wildman–Crippen LogP) is 3.10. The number of benzene rings is 1. The Morgan fingerprint density at radius 3 is 2.32 bits per heavy atom. The second-order valence-electron chi connectivity index (χ2n) is 4.35. The number of hydrogen-bond acceptors (Lipinski definition) is 4. The highest BCUT2D eigenvalue weighted by atomic mass is 32.2. The van der Waals surface area contributed by atoms with Crippen LogP contribution in [0.2, 0.25) is 0 Å². The van der Waals surface area contributed by atoms with E-state index in [2.05, 4.69) is 0 Å². The molecular formula is C14H14O3S2. The Labute approximate surface area is 116 Å². The van der Waals surface area contributed by atoms with Gasteiger partial charge in [-0.05, 0) is 25.3 Å². The SMILES string of the molecule is Cc1ccc(C(=O)C(C)S(=O)(=O)c2cccs2)cc1. The van der Waals surface area contributed by atoms with E-state index in [4.69, 9.17) is 0 Å². The fraction of sp³-hybridized carbons (Fsp3) is 0.214. The minimum Gasteiger partial charge on any atom is -0.293 e. The topological polar surface area (TPSA) is 51.2 Å². The van der Waals surface area contributed by atoms with Crippen LogP contribution in [0, 0.1) is 6.92 Å². The van der Waals surface area contributed by atoms with E-state index >= 15 is 0 Å². The third kappa shape index (κ3) is 2.77. The van der Waals surface area contributed by atoms with Crippen LogP contribution in [0.4, 0.5) is 0 Å². The van der Waals surface area contributed by atoms with Crippen LogP contribution in [0.25, 0.3) is 0 Å². The van der Waals surface area contributed by atoms with Gasteiger partial charge in [-0.15, -0.1) is 11.3 Å². The van der Waals surface area contributed by atoms with Gasteiger partial charge in [-0.1, -0.05) is 35.9 Å². The highest BCUT2D eigenvalue weighted by molar-refractivity contribution is 7.94. The Morgan fingerprint density at radius 1 is 1.16 bits per heavy atom. The lowest BCUT2D eigenvalue weighted by Crippen LogP contribution is -2.27. The molecule has 19 heavy (non-hydrogen) atoms. The minimum atomic E-state index is -3.58. The first-order chi connectivity index (χ1) is 8.93. The highest BCUT2D eigenvalue weighted by Gasteiger charge is 2.30. The van der Waals surface area contributed by atoms with E-state index in [0.29, 0.717) is 5.56 Å². The molecule has 1 heterocycles. The van der Waals surface area contributed by atoms with Crippen molar-refractivity contribution in [3.63, 3.8) is 0 Å². The van der Waals surface area contributed by atoms with Crippen LogP contribution in [0.1, 0.15) is 22.8 Å². The fourth-order valence-corrected chi connectivity index (χ4v) is 4.31. The number of Topliss-reactive ketones (excluding diaryl/α,β-unsaturated/α-hetero) is 1. The van der Waals surface area contributed by atoms with Crippen LogP contribution in [0.3, 0.4) is 0 Å². The number of carbonyl (C=O) groups is 1. The number of aryl methyl sites for hydroxylation is 1. The molecule has 0 bridgehead atoms. The monoisotopic (exact) mass is 294 g/mol. The Morgan fingerprint density at radius 2 is 1.79 bits per heavy atom. The van der Waals surface area contributed by atoms with E-state index in [1.54, 1.807) is 35.7 Å². The smallest absolute Gasteiger partial charge is 0.197 e. The lowest BCUT2D eigenvalue weighted by molar-refractivity contribution is 0.0991. The molecule has 0 saturated heterocycles. The summed E-state index contributed by atoms with van der Waals surface area (Å²) in [5.41, 5.74) is 1.46. The van der Waals surface area contributed by atoms with Gasteiger partial charge in [0, 0.05) is 5.56 Å². The third-order valence-corrected chi connectivity index (χ3v) is 6.44.